The molecule has 1 aromatic rings. The van der Waals surface area contributed by atoms with E-state index in [9.17, 15) is 0 Å². The van der Waals surface area contributed by atoms with Crippen molar-refractivity contribution in [3.63, 3.8) is 0 Å². The van der Waals surface area contributed by atoms with E-state index < -0.39 is 0 Å². The summed E-state index contributed by atoms with van der Waals surface area (Å²) in [4.78, 5) is 0. The lowest BCUT2D eigenvalue weighted by atomic mass is 9.61. The molecule has 0 saturated heterocycles. The third kappa shape index (κ3) is 2.55. The molecule has 0 heterocycles. The highest BCUT2D eigenvalue weighted by Crippen LogP contribution is 2.55. The Kier molecular flexibility index (Phi) is 4.19. The van der Waals surface area contributed by atoms with Gasteiger partial charge in [0.25, 0.3) is 0 Å². The molecule has 3 rings (SSSR count). The number of alkyl halides is 1. The summed E-state index contributed by atoms with van der Waals surface area (Å²) < 4.78 is 6.24. The van der Waals surface area contributed by atoms with Crippen LogP contribution in [0.5, 0.6) is 5.75 Å². The molecular weight excluding hydrogens is 291 g/mol. The van der Waals surface area contributed by atoms with E-state index in [4.69, 9.17) is 27.9 Å². The average Bonchev–Trinajstić information content (AvgIpc) is 2.69. The summed E-state index contributed by atoms with van der Waals surface area (Å²) >= 11 is 12.9. The maximum absolute atomic E-state index is 6.57. The van der Waals surface area contributed by atoms with E-state index in [0.717, 1.165) is 17.7 Å². The molecule has 0 N–H and O–H groups in total. The molecule has 2 aliphatic carbocycles. The van der Waals surface area contributed by atoms with Gasteiger partial charge in [-0.05, 0) is 37.5 Å². The van der Waals surface area contributed by atoms with Crippen molar-refractivity contribution in [2.45, 2.75) is 63.4 Å². The van der Waals surface area contributed by atoms with Gasteiger partial charge in [0.2, 0.25) is 0 Å². The third-order valence-electron chi connectivity index (χ3n) is 5.08. The van der Waals surface area contributed by atoms with Crippen LogP contribution in [-0.2, 0) is 0 Å². The third-order valence-corrected chi connectivity index (χ3v) is 5.99. The minimum absolute atomic E-state index is 0.187. The number of rotatable bonds is 2. The second-order valence-corrected chi connectivity index (χ2v) is 7.33. The molecule has 3 heteroatoms. The highest BCUT2D eigenvalue weighted by atomic mass is 35.5. The molecule has 20 heavy (non-hydrogen) atoms. The lowest BCUT2D eigenvalue weighted by Gasteiger charge is -2.53. The second-order valence-electron chi connectivity index (χ2n) is 6.39. The van der Waals surface area contributed by atoms with E-state index in [0.29, 0.717) is 5.02 Å². The minimum Gasteiger partial charge on any atom is -0.488 e. The Morgan fingerprint density at radius 1 is 1.15 bits per heavy atom. The molecule has 1 aromatic carbocycles. The summed E-state index contributed by atoms with van der Waals surface area (Å²) in [6.07, 6.45) is 8.83. The first-order valence-corrected chi connectivity index (χ1v) is 8.50. The van der Waals surface area contributed by atoms with E-state index in [-0.39, 0.29) is 16.9 Å². The zero-order chi connectivity index (χ0) is 14.2. The number of ether oxygens (including phenoxy) is 1. The molecule has 2 unspecified atom stereocenters. The highest BCUT2D eigenvalue weighted by Gasteiger charge is 2.55. The zero-order valence-electron chi connectivity index (χ0n) is 12.0. The van der Waals surface area contributed by atoms with Gasteiger partial charge >= 0.3 is 0 Å². The van der Waals surface area contributed by atoms with Crippen LogP contribution in [0.4, 0.5) is 0 Å². The summed E-state index contributed by atoms with van der Waals surface area (Å²) in [6, 6.07) is 6.01. The monoisotopic (exact) mass is 312 g/mol. The van der Waals surface area contributed by atoms with Crippen LogP contribution in [0.1, 0.15) is 50.5 Å². The van der Waals surface area contributed by atoms with Gasteiger partial charge in [-0.15, -0.1) is 11.6 Å². The Bertz CT molecular complexity index is 478. The van der Waals surface area contributed by atoms with E-state index in [2.05, 4.69) is 6.07 Å². The Labute approximate surface area is 131 Å². The first kappa shape index (κ1) is 14.5. The predicted octanol–water partition coefficient (Wildman–Crippen LogP) is 5.75. The Hall–Kier alpha value is -0.400. The van der Waals surface area contributed by atoms with Gasteiger partial charge in [0.05, 0.1) is 5.02 Å². The normalized spacial score (nSPS) is 28.8. The molecule has 0 aliphatic heterocycles. The summed E-state index contributed by atoms with van der Waals surface area (Å²) in [5.74, 6) is 0.814. The first-order valence-electron chi connectivity index (χ1n) is 7.69. The van der Waals surface area contributed by atoms with Gasteiger partial charge in [0.1, 0.15) is 11.9 Å². The summed E-state index contributed by atoms with van der Waals surface area (Å²) in [5, 5.41) is 0.988. The molecule has 2 saturated carbocycles. The standard InChI is InChI=1S/C17H22Cl2O/c1-12-6-7-14(13(18)10-12)20-16-11-15(19)17(16)8-4-2-3-5-9-17/h6-7,10,15-16H,2-5,8-9,11H2,1H3. The van der Waals surface area contributed by atoms with Crippen molar-refractivity contribution in [1.29, 1.82) is 0 Å². The van der Waals surface area contributed by atoms with Crippen molar-refractivity contribution in [3.8, 4) is 5.75 Å². The molecule has 2 atom stereocenters. The van der Waals surface area contributed by atoms with Crippen LogP contribution in [0, 0.1) is 12.3 Å². The molecule has 0 amide bonds. The van der Waals surface area contributed by atoms with Crippen LogP contribution < -0.4 is 4.74 Å². The number of hydrogen-bond donors (Lipinski definition) is 0. The van der Waals surface area contributed by atoms with E-state index >= 15 is 0 Å². The SMILES string of the molecule is Cc1ccc(OC2CC(Cl)C23CCCCCC3)c(Cl)c1. The molecule has 2 aliphatic rings. The molecular formula is C17H22Cl2O. The van der Waals surface area contributed by atoms with Gasteiger partial charge in [-0.25, -0.2) is 0 Å². The maximum Gasteiger partial charge on any atom is 0.138 e. The molecule has 0 radical (unpaired) electrons. The fourth-order valence-corrected chi connectivity index (χ4v) is 4.54. The number of aryl methyl sites for hydroxylation is 1. The van der Waals surface area contributed by atoms with Gasteiger partial charge in [-0.1, -0.05) is 43.4 Å². The van der Waals surface area contributed by atoms with Crippen molar-refractivity contribution in [2.24, 2.45) is 5.41 Å². The lowest BCUT2D eigenvalue weighted by Crippen LogP contribution is -2.57. The van der Waals surface area contributed by atoms with Gasteiger partial charge in [0.15, 0.2) is 0 Å². The summed E-state index contributed by atoms with van der Waals surface area (Å²) in [5.41, 5.74) is 1.35. The van der Waals surface area contributed by atoms with E-state index in [1.54, 1.807) is 0 Å². The summed E-state index contributed by atoms with van der Waals surface area (Å²) in [7, 11) is 0. The largest absolute Gasteiger partial charge is 0.488 e. The van der Waals surface area contributed by atoms with Crippen molar-refractivity contribution in [3.05, 3.63) is 28.8 Å². The zero-order valence-corrected chi connectivity index (χ0v) is 13.5. The fraction of sp³-hybridized carbons (Fsp3) is 0.647. The maximum atomic E-state index is 6.57. The second kappa shape index (κ2) is 5.77. The van der Waals surface area contributed by atoms with Crippen LogP contribution in [0.25, 0.3) is 0 Å². The Morgan fingerprint density at radius 3 is 2.45 bits per heavy atom. The van der Waals surface area contributed by atoms with Crippen LogP contribution in [-0.4, -0.2) is 11.5 Å². The quantitative estimate of drug-likeness (QED) is 0.632. The molecule has 1 spiro atoms. The molecule has 110 valence electrons. The predicted molar refractivity (Wildman–Crippen MR) is 85.0 cm³/mol. The van der Waals surface area contributed by atoms with Gasteiger partial charge in [-0.3, -0.25) is 0 Å². The van der Waals surface area contributed by atoms with Crippen molar-refractivity contribution < 1.29 is 4.74 Å². The first-order chi connectivity index (χ1) is 9.62. The highest BCUT2D eigenvalue weighted by molar-refractivity contribution is 6.32. The van der Waals surface area contributed by atoms with Gasteiger partial charge < -0.3 is 4.74 Å². The average molecular weight is 313 g/mol. The van der Waals surface area contributed by atoms with Crippen LogP contribution >= 0.6 is 23.2 Å². The molecule has 1 nitrogen and oxygen atoms in total. The van der Waals surface area contributed by atoms with Crippen molar-refractivity contribution in [1.82, 2.24) is 0 Å². The van der Waals surface area contributed by atoms with Gasteiger partial charge in [0, 0.05) is 17.2 Å². The number of halogens is 2. The van der Waals surface area contributed by atoms with Gasteiger partial charge in [-0.2, -0.15) is 0 Å². The number of hydrogen-bond acceptors (Lipinski definition) is 1. The van der Waals surface area contributed by atoms with Crippen LogP contribution in [0.3, 0.4) is 0 Å². The Morgan fingerprint density at radius 2 is 1.85 bits per heavy atom. The number of benzene rings is 1. The van der Waals surface area contributed by atoms with E-state index in [1.807, 2.05) is 19.1 Å². The fourth-order valence-electron chi connectivity index (χ4n) is 3.74. The Balaban J connectivity index is 1.76. The van der Waals surface area contributed by atoms with Crippen LogP contribution in [0.15, 0.2) is 18.2 Å². The van der Waals surface area contributed by atoms with Crippen LogP contribution in [0.2, 0.25) is 5.02 Å². The molecule has 0 bridgehead atoms. The smallest absolute Gasteiger partial charge is 0.138 e. The molecule has 0 aromatic heterocycles. The van der Waals surface area contributed by atoms with Crippen molar-refractivity contribution >= 4 is 23.2 Å². The topological polar surface area (TPSA) is 9.23 Å². The lowest BCUT2D eigenvalue weighted by molar-refractivity contribution is -0.0512. The van der Waals surface area contributed by atoms with E-state index in [1.165, 1.54) is 38.5 Å². The molecule has 2 fully saturated rings. The summed E-state index contributed by atoms with van der Waals surface area (Å²) in [6.45, 7) is 2.04. The van der Waals surface area contributed by atoms with Crippen molar-refractivity contribution in [2.75, 3.05) is 0 Å². The minimum atomic E-state index is 0.187.